The molecule has 2 atom stereocenters. The highest BCUT2D eigenvalue weighted by Crippen LogP contribution is 2.37. The highest BCUT2D eigenvalue weighted by Gasteiger charge is 2.26. The van der Waals surface area contributed by atoms with Crippen molar-refractivity contribution < 1.29 is 18.7 Å². The van der Waals surface area contributed by atoms with Crippen LogP contribution in [0.3, 0.4) is 0 Å². The highest BCUT2D eigenvalue weighted by molar-refractivity contribution is 6.36. The molecule has 2 saturated heterocycles. The van der Waals surface area contributed by atoms with Gasteiger partial charge in [0.2, 0.25) is 5.91 Å². The van der Waals surface area contributed by atoms with Gasteiger partial charge in [-0.3, -0.25) is 14.7 Å². The van der Waals surface area contributed by atoms with E-state index >= 15 is 4.39 Å². The van der Waals surface area contributed by atoms with Crippen LogP contribution in [-0.2, 0) is 9.53 Å². The van der Waals surface area contributed by atoms with Crippen LogP contribution >= 0.6 is 11.6 Å². The van der Waals surface area contributed by atoms with Gasteiger partial charge in [-0.15, -0.1) is 0 Å². The number of rotatable bonds is 6. The molecule has 6 rings (SSSR count). The molecule has 43 heavy (non-hydrogen) atoms. The fourth-order valence-corrected chi connectivity index (χ4v) is 6.30. The van der Waals surface area contributed by atoms with Crippen LogP contribution in [0.15, 0.2) is 54.7 Å². The van der Waals surface area contributed by atoms with Crippen LogP contribution in [0.4, 0.5) is 10.2 Å². The first-order valence-corrected chi connectivity index (χ1v) is 14.9. The predicted octanol–water partition coefficient (Wildman–Crippen LogP) is 4.96. The lowest BCUT2D eigenvalue weighted by molar-refractivity contribution is -0.126. The van der Waals surface area contributed by atoms with Crippen LogP contribution in [0.25, 0.3) is 32.9 Å². The number of carbonyl (C=O) groups is 1. The van der Waals surface area contributed by atoms with E-state index in [1.54, 1.807) is 24.4 Å². The highest BCUT2D eigenvalue weighted by atomic mass is 35.5. The molecule has 4 heterocycles. The number of hydrogen-bond donors (Lipinski definition) is 0. The average molecular weight is 605 g/mol. The Balaban J connectivity index is 1.21. The van der Waals surface area contributed by atoms with Crippen molar-refractivity contribution in [2.45, 2.75) is 26.1 Å². The monoisotopic (exact) mass is 604 g/mol. The largest absolute Gasteiger partial charge is 0.467 e. The summed E-state index contributed by atoms with van der Waals surface area (Å²) in [7, 11) is 1.45. The van der Waals surface area contributed by atoms with Gasteiger partial charge < -0.3 is 19.3 Å². The van der Waals surface area contributed by atoms with E-state index in [1.807, 2.05) is 40.1 Å². The lowest BCUT2D eigenvalue weighted by atomic mass is 10.0. The summed E-state index contributed by atoms with van der Waals surface area (Å²) in [6.45, 7) is 8.61. The van der Waals surface area contributed by atoms with E-state index in [1.165, 1.54) is 7.11 Å². The molecular weight excluding hydrogens is 571 g/mol. The molecule has 0 radical (unpaired) electrons. The second-order valence-electron chi connectivity index (χ2n) is 11.1. The number of benzene rings is 2. The number of aromatic nitrogens is 3. The molecule has 1 amide bonds. The van der Waals surface area contributed by atoms with Crippen molar-refractivity contribution in [3.05, 3.63) is 65.6 Å². The van der Waals surface area contributed by atoms with E-state index in [-0.39, 0.29) is 35.3 Å². The summed E-state index contributed by atoms with van der Waals surface area (Å²) in [4.78, 5) is 32.5. The zero-order valence-electron chi connectivity index (χ0n) is 24.5. The molecule has 0 spiro atoms. The number of pyridine rings is 1. The Labute approximate surface area is 254 Å². The van der Waals surface area contributed by atoms with Crippen LogP contribution < -0.4 is 9.64 Å². The van der Waals surface area contributed by atoms with E-state index < -0.39 is 5.82 Å². The molecular formula is C32H34ClFN6O3. The minimum Gasteiger partial charge on any atom is -0.467 e. The summed E-state index contributed by atoms with van der Waals surface area (Å²) in [6.07, 6.45) is 5.56. The lowest BCUT2D eigenvalue weighted by Gasteiger charge is -2.35. The SMILES string of the molecule is COc1nc(N2CCN(C(=O)/C=C/CN3CC(C)OC(C)C3)CC2)c2cnc(-c3cccc4cccc(Cl)c34)c(F)c2n1. The molecule has 2 aromatic heterocycles. The molecule has 2 aliphatic heterocycles. The van der Waals surface area contributed by atoms with Crippen molar-refractivity contribution >= 4 is 45.0 Å². The Hall–Kier alpha value is -3.86. The van der Waals surface area contributed by atoms with Gasteiger partial charge in [-0.1, -0.05) is 48.0 Å². The fraction of sp³-hybridized carbons (Fsp3) is 0.375. The molecule has 0 saturated carbocycles. The normalized spacial score (nSPS) is 19.9. The van der Waals surface area contributed by atoms with Crippen LogP contribution in [-0.4, -0.2) is 95.8 Å². The summed E-state index contributed by atoms with van der Waals surface area (Å²) < 4.78 is 27.4. The summed E-state index contributed by atoms with van der Waals surface area (Å²) in [5, 5.41) is 2.60. The first-order valence-electron chi connectivity index (χ1n) is 14.5. The number of anilines is 1. The number of amides is 1. The maximum atomic E-state index is 16.2. The molecule has 2 aliphatic rings. The third-order valence-electron chi connectivity index (χ3n) is 7.95. The van der Waals surface area contributed by atoms with E-state index in [0.717, 1.165) is 23.9 Å². The van der Waals surface area contributed by atoms with Crippen LogP contribution in [0.1, 0.15) is 13.8 Å². The van der Waals surface area contributed by atoms with E-state index in [0.29, 0.717) is 54.5 Å². The summed E-state index contributed by atoms with van der Waals surface area (Å²) >= 11 is 6.52. The van der Waals surface area contributed by atoms with Crippen molar-refractivity contribution in [2.75, 3.05) is 57.8 Å². The van der Waals surface area contributed by atoms with Gasteiger partial charge in [-0.2, -0.15) is 9.97 Å². The number of ether oxygens (including phenoxy) is 2. The van der Waals surface area contributed by atoms with E-state index in [4.69, 9.17) is 21.1 Å². The third kappa shape index (κ3) is 6.00. The number of nitrogens with zero attached hydrogens (tertiary/aromatic N) is 6. The smallest absolute Gasteiger partial charge is 0.318 e. The van der Waals surface area contributed by atoms with Gasteiger partial charge in [0.15, 0.2) is 5.82 Å². The second-order valence-corrected chi connectivity index (χ2v) is 11.5. The second kappa shape index (κ2) is 12.4. The van der Waals surface area contributed by atoms with Gasteiger partial charge in [-0.25, -0.2) is 4.39 Å². The molecule has 0 bridgehead atoms. The third-order valence-corrected chi connectivity index (χ3v) is 8.26. The zero-order valence-corrected chi connectivity index (χ0v) is 25.2. The maximum Gasteiger partial charge on any atom is 0.318 e. The number of carbonyl (C=O) groups excluding carboxylic acids is 1. The van der Waals surface area contributed by atoms with Crippen LogP contribution in [0.5, 0.6) is 6.01 Å². The summed E-state index contributed by atoms with van der Waals surface area (Å²) in [6, 6.07) is 11.2. The van der Waals surface area contributed by atoms with Gasteiger partial charge >= 0.3 is 6.01 Å². The topological polar surface area (TPSA) is 83.9 Å². The van der Waals surface area contributed by atoms with Crippen molar-refractivity contribution in [3.8, 4) is 17.3 Å². The van der Waals surface area contributed by atoms with Gasteiger partial charge in [0.25, 0.3) is 0 Å². The Bertz CT molecular complexity index is 1680. The van der Waals surface area contributed by atoms with Gasteiger partial charge in [0.05, 0.1) is 24.7 Å². The number of fused-ring (bicyclic) bond motifs is 2. The Morgan fingerprint density at radius 2 is 1.81 bits per heavy atom. The molecule has 0 N–H and O–H groups in total. The molecule has 2 fully saturated rings. The number of hydrogen-bond acceptors (Lipinski definition) is 8. The van der Waals surface area contributed by atoms with E-state index in [9.17, 15) is 4.79 Å². The molecule has 2 aromatic carbocycles. The number of piperazine rings is 1. The van der Waals surface area contributed by atoms with Crippen molar-refractivity contribution in [1.29, 1.82) is 0 Å². The molecule has 2 unspecified atom stereocenters. The first-order chi connectivity index (χ1) is 20.8. The van der Waals surface area contributed by atoms with Crippen LogP contribution in [0.2, 0.25) is 5.02 Å². The molecule has 9 nitrogen and oxygen atoms in total. The fourth-order valence-electron chi connectivity index (χ4n) is 6.01. The van der Waals surface area contributed by atoms with Crippen molar-refractivity contribution in [3.63, 3.8) is 0 Å². The summed E-state index contributed by atoms with van der Waals surface area (Å²) in [5.41, 5.74) is 0.852. The Morgan fingerprint density at radius 1 is 1.09 bits per heavy atom. The number of methoxy groups -OCH3 is 1. The molecule has 11 heteroatoms. The number of morpholine rings is 1. The molecule has 224 valence electrons. The van der Waals surface area contributed by atoms with Crippen molar-refractivity contribution in [2.24, 2.45) is 0 Å². The van der Waals surface area contributed by atoms with Gasteiger partial charge in [-0.05, 0) is 25.3 Å². The average Bonchev–Trinajstić information content (AvgIpc) is 3.00. The Morgan fingerprint density at radius 3 is 2.53 bits per heavy atom. The van der Waals surface area contributed by atoms with Crippen molar-refractivity contribution in [1.82, 2.24) is 24.8 Å². The lowest BCUT2D eigenvalue weighted by Crippen LogP contribution is -2.48. The van der Waals surface area contributed by atoms with Crippen LogP contribution in [0, 0.1) is 5.82 Å². The maximum absolute atomic E-state index is 16.2. The number of halogens is 2. The quantitative estimate of drug-likeness (QED) is 0.286. The summed E-state index contributed by atoms with van der Waals surface area (Å²) in [5.74, 6) is -0.0749. The van der Waals surface area contributed by atoms with Gasteiger partial charge in [0.1, 0.15) is 17.0 Å². The predicted molar refractivity (Wildman–Crippen MR) is 166 cm³/mol. The van der Waals surface area contributed by atoms with Gasteiger partial charge in [0, 0.05) is 74.1 Å². The Kier molecular flexibility index (Phi) is 8.43. The van der Waals surface area contributed by atoms with E-state index in [2.05, 4.69) is 33.7 Å². The first kappa shape index (κ1) is 29.2. The minimum absolute atomic E-state index is 0.0229. The zero-order chi connectivity index (χ0) is 30.1. The minimum atomic E-state index is -0.574. The molecule has 0 aliphatic carbocycles. The standard InChI is InChI=1S/C32H34ClFN6O3/c1-20-18-38(19-21(2)43-20)12-6-11-26(41)39-13-15-40(16-14-39)31-24-17-35-29(28(34)30(24)36-32(37-31)42-3)23-9-4-7-22-8-5-10-25(33)27(22)23/h4-11,17,20-21H,12-16,18-19H2,1-3H3/b11-6+. The molecule has 4 aromatic rings.